The third-order valence-electron chi connectivity index (χ3n) is 3.48. The first-order valence-corrected chi connectivity index (χ1v) is 7.88. The molecule has 22 heavy (non-hydrogen) atoms. The Balaban J connectivity index is 1.74. The molecule has 3 rings (SSSR count). The number of nitrogens with one attached hydrogen (secondary N) is 3. The fourth-order valence-corrected chi connectivity index (χ4v) is 3.57. The SMILES string of the molecule is CCn1cc(NC(=O)Nc2sc3c(c2C#N)CCNC3)cn1. The van der Waals surface area contributed by atoms with E-state index in [1.807, 2.05) is 6.92 Å². The summed E-state index contributed by atoms with van der Waals surface area (Å²) in [5.41, 5.74) is 2.27. The van der Waals surface area contributed by atoms with E-state index in [1.165, 1.54) is 11.3 Å². The lowest BCUT2D eigenvalue weighted by molar-refractivity contribution is 0.262. The molecule has 0 fully saturated rings. The maximum absolute atomic E-state index is 12.1. The van der Waals surface area contributed by atoms with Crippen LogP contribution in [0.5, 0.6) is 0 Å². The van der Waals surface area contributed by atoms with Crippen LogP contribution in [-0.2, 0) is 19.5 Å². The highest BCUT2D eigenvalue weighted by Crippen LogP contribution is 2.34. The van der Waals surface area contributed by atoms with Crippen LogP contribution in [0.3, 0.4) is 0 Å². The van der Waals surface area contributed by atoms with Gasteiger partial charge in [0.2, 0.25) is 0 Å². The molecule has 0 aliphatic carbocycles. The summed E-state index contributed by atoms with van der Waals surface area (Å²) in [6.45, 7) is 4.33. The lowest BCUT2D eigenvalue weighted by atomic mass is 10.1. The normalized spacial score (nSPS) is 13.3. The Hall–Kier alpha value is -2.37. The zero-order valence-electron chi connectivity index (χ0n) is 12.1. The second kappa shape index (κ2) is 6.17. The van der Waals surface area contributed by atoms with Crippen LogP contribution in [0.25, 0.3) is 0 Å². The molecule has 0 aromatic carbocycles. The second-order valence-corrected chi connectivity index (χ2v) is 6.02. The van der Waals surface area contributed by atoms with Crippen molar-refractivity contribution in [2.45, 2.75) is 26.4 Å². The van der Waals surface area contributed by atoms with Gasteiger partial charge < -0.3 is 10.6 Å². The largest absolute Gasteiger partial charge is 0.324 e. The number of hydrogen-bond acceptors (Lipinski definition) is 5. The number of anilines is 2. The summed E-state index contributed by atoms with van der Waals surface area (Å²) in [6, 6.07) is 1.85. The van der Waals surface area contributed by atoms with Crippen molar-refractivity contribution in [1.29, 1.82) is 5.26 Å². The third kappa shape index (κ3) is 2.81. The second-order valence-electron chi connectivity index (χ2n) is 4.91. The van der Waals surface area contributed by atoms with Crippen LogP contribution in [0.4, 0.5) is 15.5 Å². The molecule has 2 aromatic heterocycles. The summed E-state index contributed by atoms with van der Waals surface area (Å²) in [5, 5.41) is 22.8. The predicted octanol–water partition coefficient (Wildman–Crippen LogP) is 2.13. The number of amides is 2. The number of hydrogen-bond donors (Lipinski definition) is 3. The molecule has 8 heteroatoms. The van der Waals surface area contributed by atoms with Gasteiger partial charge >= 0.3 is 6.03 Å². The summed E-state index contributed by atoms with van der Waals surface area (Å²) in [5.74, 6) is 0. The van der Waals surface area contributed by atoms with Crippen molar-refractivity contribution in [3.05, 3.63) is 28.4 Å². The van der Waals surface area contributed by atoms with E-state index >= 15 is 0 Å². The molecule has 114 valence electrons. The molecule has 3 heterocycles. The molecule has 2 amide bonds. The number of nitriles is 1. The lowest BCUT2D eigenvalue weighted by Crippen LogP contribution is -2.22. The average molecular weight is 316 g/mol. The molecule has 0 unspecified atom stereocenters. The van der Waals surface area contributed by atoms with Gasteiger partial charge in [0.1, 0.15) is 11.1 Å². The highest BCUT2D eigenvalue weighted by Gasteiger charge is 2.21. The molecule has 0 radical (unpaired) electrons. The van der Waals surface area contributed by atoms with E-state index in [-0.39, 0.29) is 6.03 Å². The molecular formula is C14H16N6OS. The van der Waals surface area contributed by atoms with Crippen molar-refractivity contribution < 1.29 is 4.79 Å². The number of rotatable bonds is 3. The fraction of sp³-hybridized carbons (Fsp3) is 0.357. The maximum Gasteiger partial charge on any atom is 0.324 e. The monoisotopic (exact) mass is 316 g/mol. The molecule has 0 saturated carbocycles. The van der Waals surface area contributed by atoms with Crippen LogP contribution in [0.1, 0.15) is 22.9 Å². The number of aromatic nitrogens is 2. The first-order chi connectivity index (χ1) is 10.7. The van der Waals surface area contributed by atoms with Crippen molar-refractivity contribution in [1.82, 2.24) is 15.1 Å². The molecule has 0 saturated heterocycles. The minimum Gasteiger partial charge on any atom is -0.312 e. The van der Waals surface area contributed by atoms with Crippen LogP contribution in [-0.4, -0.2) is 22.4 Å². The van der Waals surface area contributed by atoms with Crippen molar-refractivity contribution >= 4 is 28.1 Å². The number of carbonyl (C=O) groups excluding carboxylic acids is 1. The Morgan fingerprint density at radius 1 is 1.59 bits per heavy atom. The Bertz CT molecular complexity index is 741. The minimum absolute atomic E-state index is 0.362. The number of aryl methyl sites for hydroxylation is 1. The number of carbonyl (C=O) groups is 1. The molecule has 2 aromatic rings. The van der Waals surface area contributed by atoms with E-state index in [2.05, 4.69) is 27.1 Å². The van der Waals surface area contributed by atoms with Crippen molar-refractivity contribution in [3.8, 4) is 6.07 Å². The molecule has 1 aliphatic rings. The molecule has 0 spiro atoms. The topological polar surface area (TPSA) is 94.8 Å². The van der Waals surface area contributed by atoms with Gasteiger partial charge in [0.25, 0.3) is 0 Å². The first-order valence-electron chi connectivity index (χ1n) is 7.07. The van der Waals surface area contributed by atoms with Gasteiger partial charge in [-0.1, -0.05) is 0 Å². The number of nitrogens with zero attached hydrogens (tertiary/aromatic N) is 3. The van der Waals surface area contributed by atoms with Crippen molar-refractivity contribution in [3.63, 3.8) is 0 Å². The van der Waals surface area contributed by atoms with Gasteiger partial charge in [-0.15, -0.1) is 11.3 Å². The average Bonchev–Trinajstić information content (AvgIpc) is 3.10. The van der Waals surface area contributed by atoms with E-state index in [1.54, 1.807) is 17.1 Å². The summed E-state index contributed by atoms with van der Waals surface area (Å²) in [7, 11) is 0. The van der Waals surface area contributed by atoms with Crippen LogP contribution in [0, 0.1) is 11.3 Å². The number of thiophene rings is 1. The first kappa shape index (κ1) is 14.6. The Morgan fingerprint density at radius 3 is 3.18 bits per heavy atom. The summed E-state index contributed by atoms with van der Waals surface area (Å²) >= 11 is 1.46. The Kier molecular flexibility index (Phi) is 4.09. The fourth-order valence-electron chi connectivity index (χ4n) is 2.41. The van der Waals surface area contributed by atoms with Crippen LogP contribution in [0.15, 0.2) is 12.4 Å². The van der Waals surface area contributed by atoms with Gasteiger partial charge in [0.05, 0.1) is 17.4 Å². The summed E-state index contributed by atoms with van der Waals surface area (Å²) in [6.07, 6.45) is 4.17. The van der Waals surface area contributed by atoms with Gasteiger partial charge in [0.15, 0.2) is 0 Å². The molecule has 0 atom stereocenters. The van der Waals surface area contributed by atoms with Crippen molar-refractivity contribution in [2.75, 3.05) is 17.2 Å². The quantitative estimate of drug-likeness (QED) is 0.808. The summed E-state index contributed by atoms with van der Waals surface area (Å²) in [4.78, 5) is 13.2. The van der Waals surface area contributed by atoms with Crippen LogP contribution >= 0.6 is 11.3 Å². The number of urea groups is 1. The van der Waals surface area contributed by atoms with E-state index in [0.717, 1.165) is 36.5 Å². The standard InChI is InChI=1S/C14H16N6OS/c1-2-20-8-9(6-17-20)18-14(21)19-13-11(5-15)10-3-4-16-7-12(10)22-13/h6,8,16H,2-4,7H2,1H3,(H2,18,19,21). The van der Waals surface area contributed by atoms with E-state index in [4.69, 9.17) is 0 Å². The van der Waals surface area contributed by atoms with E-state index in [9.17, 15) is 10.1 Å². The maximum atomic E-state index is 12.1. The minimum atomic E-state index is -0.362. The molecular weight excluding hydrogens is 300 g/mol. The van der Waals surface area contributed by atoms with E-state index in [0.29, 0.717) is 16.3 Å². The zero-order valence-corrected chi connectivity index (χ0v) is 13.0. The van der Waals surface area contributed by atoms with Crippen LogP contribution < -0.4 is 16.0 Å². The molecule has 3 N–H and O–H groups in total. The molecule has 0 bridgehead atoms. The van der Waals surface area contributed by atoms with Gasteiger partial charge in [-0.25, -0.2) is 4.79 Å². The highest BCUT2D eigenvalue weighted by atomic mass is 32.1. The number of fused-ring (bicyclic) bond motifs is 1. The van der Waals surface area contributed by atoms with Gasteiger partial charge in [-0.05, 0) is 25.5 Å². The third-order valence-corrected chi connectivity index (χ3v) is 4.63. The smallest absolute Gasteiger partial charge is 0.312 e. The highest BCUT2D eigenvalue weighted by molar-refractivity contribution is 7.16. The lowest BCUT2D eigenvalue weighted by Gasteiger charge is -2.11. The van der Waals surface area contributed by atoms with Crippen molar-refractivity contribution in [2.24, 2.45) is 0 Å². The van der Waals surface area contributed by atoms with E-state index < -0.39 is 0 Å². The Labute approximate surface area is 131 Å². The molecule has 1 aliphatic heterocycles. The van der Waals surface area contributed by atoms with Gasteiger partial charge in [-0.3, -0.25) is 10.00 Å². The van der Waals surface area contributed by atoms with Gasteiger partial charge in [0, 0.05) is 24.2 Å². The van der Waals surface area contributed by atoms with Crippen LogP contribution in [0.2, 0.25) is 0 Å². The van der Waals surface area contributed by atoms with Gasteiger partial charge in [-0.2, -0.15) is 10.4 Å². The predicted molar refractivity (Wildman–Crippen MR) is 85.0 cm³/mol. The molecule has 7 nitrogen and oxygen atoms in total. The Morgan fingerprint density at radius 2 is 2.45 bits per heavy atom. The summed E-state index contributed by atoms with van der Waals surface area (Å²) < 4.78 is 1.73. The zero-order chi connectivity index (χ0) is 15.5.